The lowest BCUT2D eigenvalue weighted by Crippen LogP contribution is -2.57. The highest BCUT2D eigenvalue weighted by Gasteiger charge is 2.38. The van der Waals surface area contributed by atoms with E-state index in [4.69, 9.17) is 13.2 Å². The van der Waals surface area contributed by atoms with Crippen molar-refractivity contribution in [2.75, 3.05) is 6.54 Å². The number of carbonyl (C=O) groups is 1. The largest absolute Gasteiger partial charge is 0.445 e. The highest BCUT2D eigenvalue weighted by molar-refractivity contribution is 7.84. The molecule has 9 heteroatoms. The third-order valence-corrected chi connectivity index (χ3v) is 6.61. The third-order valence-electron chi connectivity index (χ3n) is 4.88. The summed E-state index contributed by atoms with van der Waals surface area (Å²) in [5.74, 6) is 0.665. The summed E-state index contributed by atoms with van der Waals surface area (Å²) in [4.78, 5) is 12.1. The maximum absolute atomic E-state index is 12.6. The second-order valence-corrected chi connectivity index (χ2v) is 10.5. The molecule has 1 aliphatic carbocycles. The smallest absolute Gasteiger partial charge is 0.407 e. The number of benzene rings is 1. The Morgan fingerprint density at radius 1 is 1.21 bits per heavy atom. The first-order valence-electron chi connectivity index (χ1n) is 9.68. The molecule has 0 aromatic heterocycles. The van der Waals surface area contributed by atoms with Crippen LogP contribution < -0.4 is 10.0 Å². The second kappa shape index (κ2) is 12.2. The number of alkyl carbamates (subject to hydrolysis) is 1. The maximum atomic E-state index is 12.6. The Kier molecular flexibility index (Phi) is 10.7. The first kappa shape index (κ1) is 25.5. The number of carbonyl (C=O) groups excluding carboxylic acids is 1. The van der Waals surface area contributed by atoms with E-state index < -0.39 is 28.6 Å². The van der Waals surface area contributed by atoms with Crippen LogP contribution >= 0.6 is 0 Å². The number of amides is 1. The highest BCUT2D eigenvalue weighted by Crippen LogP contribution is 2.32. The number of ether oxygens (including phenoxy) is 1. The van der Waals surface area contributed by atoms with Gasteiger partial charge in [0, 0.05) is 12.1 Å². The van der Waals surface area contributed by atoms with Crippen molar-refractivity contribution < 1.29 is 22.2 Å². The molecule has 1 saturated carbocycles. The molecule has 1 amide bonds. The summed E-state index contributed by atoms with van der Waals surface area (Å²) in [7, 11) is -1.18. The molecule has 0 spiro atoms. The molecule has 0 aliphatic heterocycles. The van der Waals surface area contributed by atoms with Crippen LogP contribution in [0.4, 0.5) is 4.79 Å². The lowest BCUT2D eigenvalue weighted by Gasteiger charge is -2.41. The average molecular weight is 445 g/mol. The van der Waals surface area contributed by atoms with E-state index in [1.165, 1.54) is 0 Å². The van der Waals surface area contributed by atoms with Crippen LogP contribution in [0, 0.1) is 5.92 Å². The summed E-state index contributed by atoms with van der Waals surface area (Å²) in [6.07, 6.45) is 3.49. The Labute approximate surface area is 179 Å². The van der Waals surface area contributed by atoms with E-state index >= 15 is 0 Å². The second-order valence-electron chi connectivity index (χ2n) is 8.43. The zero-order chi connectivity index (χ0) is 21.9. The summed E-state index contributed by atoms with van der Waals surface area (Å²) in [6, 6.07) is 9.61. The fourth-order valence-corrected chi connectivity index (χ4v) is 3.97. The lowest BCUT2D eigenvalue weighted by atomic mass is 9.78. The molecule has 1 aromatic carbocycles. The quantitative estimate of drug-likeness (QED) is 0.701. The summed E-state index contributed by atoms with van der Waals surface area (Å²) in [5, 5.41) is 2.88. The summed E-state index contributed by atoms with van der Waals surface area (Å²) in [5.41, 5.74) is 0.618. The lowest BCUT2D eigenvalue weighted by molar-refractivity contribution is 0.132. The monoisotopic (exact) mass is 444 g/mol. The minimum absolute atomic E-state index is 0.248. The summed E-state index contributed by atoms with van der Waals surface area (Å²) >= 11 is -0.750. The van der Waals surface area contributed by atoms with Crippen LogP contribution in [0.25, 0.3) is 0 Å². The molecular weight excluding hydrogens is 412 g/mol. The van der Waals surface area contributed by atoms with E-state index in [1.54, 1.807) is 0 Å². The van der Waals surface area contributed by atoms with E-state index in [2.05, 4.69) is 17.0 Å². The molecule has 0 saturated heterocycles. The van der Waals surface area contributed by atoms with E-state index in [1.807, 2.05) is 51.1 Å². The Hall–Kier alpha value is -1.58. The van der Waals surface area contributed by atoms with Crippen molar-refractivity contribution in [2.24, 2.45) is 5.92 Å². The molecule has 1 aliphatic rings. The van der Waals surface area contributed by atoms with Gasteiger partial charge in [0.15, 0.2) is 0 Å². The molecule has 0 heterocycles. The SMILES string of the molecule is CC1CCC(CNC(=O)OCc2ccccc2)(N[S@@](=O)C(C)(C)C)CC1.O=S=O. The van der Waals surface area contributed by atoms with Crippen molar-refractivity contribution in [3.8, 4) is 0 Å². The van der Waals surface area contributed by atoms with Gasteiger partial charge in [0.25, 0.3) is 0 Å². The third kappa shape index (κ3) is 9.64. The van der Waals surface area contributed by atoms with Crippen molar-refractivity contribution >= 4 is 28.6 Å². The predicted octanol–water partition coefficient (Wildman–Crippen LogP) is 3.24. The molecular formula is C20H32N2O5S2. The van der Waals surface area contributed by atoms with E-state index in [0.717, 1.165) is 31.2 Å². The number of hydrogen-bond acceptors (Lipinski definition) is 5. The Balaban J connectivity index is 0.00000132. The predicted molar refractivity (Wildman–Crippen MR) is 115 cm³/mol. The molecule has 29 heavy (non-hydrogen) atoms. The van der Waals surface area contributed by atoms with Crippen molar-refractivity contribution in [3.63, 3.8) is 0 Å². The number of rotatable bonds is 6. The molecule has 2 N–H and O–H groups in total. The summed E-state index contributed by atoms with van der Waals surface area (Å²) < 4.78 is 37.5. The van der Waals surface area contributed by atoms with Gasteiger partial charge in [0.05, 0.1) is 15.7 Å². The molecule has 1 fully saturated rings. The van der Waals surface area contributed by atoms with Gasteiger partial charge in [-0.3, -0.25) is 0 Å². The number of hydrogen-bond donors (Lipinski definition) is 2. The van der Waals surface area contributed by atoms with Crippen molar-refractivity contribution in [1.29, 1.82) is 0 Å². The normalized spacial score (nSPS) is 22.6. The zero-order valence-corrected chi connectivity index (χ0v) is 19.2. The van der Waals surface area contributed by atoms with Gasteiger partial charge < -0.3 is 10.1 Å². The Morgan fingerprint density at radius 2 is 1.76 bits per heavy atom. The minimum atomic E-state index is -1.18. The van der Waals surface area contributed by atoms with Gasteiger partial charge in [0.1, 0.15) is 6.61 Å². The van der Waals surface area contributed by atoms with Crippen molar-refractivity contribution in [3.05, 3.63) is 35.9 Å². The minimum Gasteiger partial charge on any atom is -0.445 e. The average Bonchev–Trinajstić information content (AvgIpc) is 2.68. The van der Waals surface area contributed by atoms with Gasteiger partial charge in [-0.2, -0.15) is 8.42 Å². The topological polar surface area (TPSA) is 102 Å². The zero-order valence-electron chi connectivity index (χ0n) is 17.6. The fourth-order valence-electron chi connectivity index (χ4n) is 2.99. The van der Waals surface area contributed by atoms with Gasteiger partial charge in [-0.05, 0) is 57.9 Å². The first-order valence-corrected chi connectivity index (χ1v) is 11.5. The van der Waals surface area contributed by atoms with Crippen LogP contribution in [0.2, 0.25) is 0 Å². The molecule has 0 unspecified atom stereocenters. The van der Waals surface area contributed by atoms with Crippen LogP contribution in [0.15, 0.2) is 30.3 Å². The van der Waals surface area contributed by atoms with E-state index in [-0.39, 0.29) is 16.9 Å². The van der Waals surface area contributed by atoms with Gasteiger partial charge in [-0.25, -0.2) is 13.7 Å². The molecule has 0 bridgehead atoms. The van der Waals surface area contributed by atoms with Crippen LogP contribution in [-0.4, -0.2) is 35.6 Å². The molecule has 1 aromatic rings. The standard InChI is InChI=1S/C20H32N2O3S.O2S/c1-16-10-12-20(13-11-16,22-26(24)19(2,3)4)15-21-18(23)25-14-17-8-6-5-7-9-17;1-3-2/h5-9,16,22H,10-15H2,1-4H3,(H,21,23);/t16?,20?,26-;/m0./s1. The molecule has 0 radical (unpaired) electrons. The first-order chi connectivity index (χ1) is 13.6. The van der Waals surface area contributed by atoms with Crippen LogP contribution in [0.3, 0.4) is 0 Å². The van der Waals surface area contributed by atoms with Crippen LogP contribution in [-0.2, 0) is 33.9 Å². The fraction of sp³-hybridized carbons (Fsp3) is 0.650. The molecule has 7 nitrogen and oxygen atoms in total. The van der Waals surface area contributed by atoms with Crippen LogP contribution in [0.1, 0.15) is 58.9 Å². The van der Waals surface area contributed by atoms with Gasteiger partial charge in [-0.15, -0.1) is 0 Å². The van der Waals surface area contributed by atoms with Crippen LogP contribution in [0.5, 0.6) is 0 Å². The molecule has 164 valence electrons. The molecule has 2 rings (SSSR count). The van der Waals surface area contributed by atoms with Crippen molar-refractivity contribution in [2.45, 2.75) is 70.3 Å². The van der Waals surface area contributed by atoms with E-state index in [0.29, 0.717) is 12.5 Å². The maximum Gasteiger partial charge on any atom is 0.407 e. The Morgan fingerprint density at radius 3 is 2.28 bits per heavy atom. The molecule has 1 atom stereocenters. The van der Waals surface area contributed by atoms with Crippen molar-refractivity contribution in [1.82, 2.24) is 10.0 Å². The number of nitrogens with one attached hydrogen (secondary N) is 2. The van der Waals surface area contributed by atoms with Gasteiger partial charge in [0.2, 0.25) is 0 Å². The van der Waals surface area contributed by atoms with E-state index in [9.17, 15) is 9.00 Å². The highest BCUT2D eigenvalue weighted by atomic mass is 32.2. The Bertz CT molecular complexity index is 693. The van der Waals surface area contributed by atoms with Gasteiger partial charge in [-0.1, -0.05) is 37.3 Å². The van der Waals surface area contributed by atoms with Gasteiger partial charge >= 0.3 is 17.7 Å². The summed E-state index contributed by atoms with van der Waals surface area (Å²) in [6.45, 7) is 8.78.